The van der Waals surface area contributed by atoms with Gasteiger partial charge >= 0.3 is 0 Å². The molecule has 0 spiro atoms. The van der Waals surface area contributed by atoms with Crippen molar-refractivity contribution in [3.05, 3.63) is 268 Å². The molecule has 6 aromatic carbocycles. The van der Waals surface area contributed by atoms with Gasteiger partial charge < -0.3 is 36.0 Å². The molecule has 1 aliphatic carbocycles. The van der Waals surface area contributed by atoms with E-state index < -0.39 is 6.04 Å². The number of nitrogens with one attached hydrogen (secondary N) is 3. The lowest BCUT2D eigenvalue weighted by molar-refractivity contribution is -0.121. The molecule has 4 heterocycles. The van der Waals surface area contributed by atoms with Gasteiger partial charge in [0.25, 0.3) is 0 Å². The molecule has 0 aliphatic heterocycles. The second-order valence-corrected chi connectivity index (χ2v) is 21.9. The van der Waals surface area contributed by atoms with Gasteiger partial charge in [0.2, 0.25) is 5.91 Å². The summed E-state index contributed by atoms with van der Waals surface area (Å²) >= 11 is 12.4. The van der Waals surface area contributed by atoms with Crippen molar-refractivity contribution in [2.75, 3.05) is 5.32 Å². The number of ether oxygens (including phenoxy) is 1. The Morgan fingerprint density at radius 1 is 0.624 bits per heavy atom. The number of hydrogen-bond acceptors (Lipinski definition) is 11. The number of pyridine rings is 4. The van der Waals surface area contributed by atoms with Crippen molar-refractivity contribution in [2.45, 2.75) is 90.4 Å². The SMILES string of the molecule is C=C(C)/C=C\C=C(/C)NC(c1ccc(C)cc1)c1ccc2cccnc2c1O.CCCC(=O)NC(c1ccc(Cl)cc1Cl)c1ccc2cccnc2c1O.Oc1c(C(Nc2ccccn2)c2ccc(OC3CCCC3)cc2)ccc2cccnc12. The Labute approximate surface area is 506 Å². The van der Waals surface area contributed by atoms with Crippen LogP contribution in [-0.4, -0.2) is 47.3 Å². The number of hydrogen-bond donors (Lipinski definition) is 6. The van der Waals surface area contributed by atoms with Crippen LogP contribution in [0.2, 0.25) is 10.0 Å². The van der Waals surface area contributed by atoms with Gasteiger partial charge in [-0.2, -0.15) is 0 Å². The molecular formula is C71H69Cl2N7O5. The Balaban J connectivity index is 0.000000153. The number of rotatable bonds is 17. The van der Waals surface area contributed by atoms with Gasteiger partial charge in [-0.1, -0.05) is 163 Å². The summed E-state index contributed by atoms with van der Waals surface area (Å²) in [6.07, 6.45) is 18.9. The first-order chi connectivity index (χ1) is 41.2. The molecule has 0 radical (unpaired) electrons. The number of aromatic hydroxyl groups is 3. The maximum Gasteiger partial charge on any atom is 0.220 e. The monoisotopic (exact) mass is 1170 g/mol. The minimum atomic E-state index is -0.606. The Morgan fingerprint density at radius 2 is 1.14 bits per heavy atom. The third-order valence-corrected chi connectivity index (χ3v) is 15.2. The van der Waals surface area contributed by atoms with E-state index in [0.717, 1.165) is 80.5 Å². The normalized spacial score (nSPS) is 13.5. The zero-order valence-corrected chi connectivity index (χ0v) is 49.5. The van der Waals surface area contributed by atoms with E-state index in [9.17, 15) is 20.1 Å². The van der Waals surface area contributed by atoms with Crippen molar-refractivity contribution >= 4 is 67.6 Å². The smallest absolute Gasteiger partial charge is 0.220 e. The fraction of sp³-hybridized carbons (Fsp3) is 0.197. The number of carbonyl (C=O) groups excluding carboxylic acids is 1. The molecule has 0 saturated heterocycles. The van der Waals surface area contributed by atoms with Crippen LogP contribution < -0.4 is 20.7 Å². The molecule has 11 rings (SSSR count). The fourth-order valence-electron chi connectivity index (χ4n) is 10.3. The van der Waals surface area contributed by atoms with Gasteiger partial charge in [0, 0.05) is 79.8 Å². The van der Waals surface area contributed by atoms with Crippen molar-refractivity contribution in [3.63, 3.8) is 0 Å². The topological polar surface area (TPSA) is 175 Å². The van der Waals surface area contributed by atoms with Gasteiger partial charge in [-0.25, -0.2) is 4.98 Å². The van der Waals surface area contributed by atoms with Crippen LogP contribution in [0.15, 0.2) is 219 Å². The molecule has 1 amide bonds. The lowest BCUT2D eigenvalue weighted by Gasteiger charge is -2.23. The number of fused-ring (bicyclic) bond motifs is 3. The number of allylic oxidation sites excluding steroid dienone is 5. The van der Waals surface area contributed by atoms with E-state index in [1.807, 2.05) is 142 Å². The number of nitrogens with zero attached hydrogens (tertiary/aromatic N) is 4. The highest BCUT2D eigenvalue weighted by atomic mass is 35.5. The molecule has 6 N–H and O–H groups in total. The molecule has 14 heteroatoms. The molecular weight excluding hydrogens is 1100 g/mol. The van der Waals surface area contributed by atoms with Gasteiger partial charge in [-0.3, -0.25) is 19.7 Å². The Kier molecular flexibility index (Phi) is 20.5. The number of aryl methyl sites for hydroxylation is 1. The van der Waals surface area contributed by atoms with Crippen molar-refractivity contribution < 1.29 is 24.9 Å². The minimum Gasteiger partial charge on any atom is -0.505 e. The number of phenolic OH excluding ortho intramolecular Hbond substituents is 3. The molecule has 1 aliphatic rings. The summed E-state index contributed by atoms with van der Waals surface area (Å²) in [6, 6.07) is 49.0. The summed E-state index contributed by atoms with van der Waals surface area (Å²) in [5, 5.41) is 46.3. The number of aromatic nitrogens is 4. The highest BCUT2D eigenvalue weighted by Gasteiger charge is 2.26. The van der Waals surface area contributed by atoms with E-state index in [4.69, 9.17) is 27.9 Å². The minimum absolute atomic E-state index is 0.0240. The van der Waals surface area contributed by atoms with E-state index in [-0.39, 0.29) is 35.2 Å². The molecule has 10 aromatic rings. The molecule has 1 fully saturated rings. The summed E-state index contributed by atoms with van der Waals surface area (Å²) in [7, 11) is 0. The van der Waals surface area contributed by atoms with E-state index >= 15 is 0 Å². The average molecular weight is 1170 g/mol. The number of halogens is 2. The number of benzene rings is 6. The zero-order valence-electron chi connectivity index (χ0n) is 48.0. The number of phenols is 3. The van der Waals surface area contributed by atoms with Crippen molar-refractivity contribution in [2.24, 2.45) is 0 Å². The molecule has 0 bridgehead atoms. The van der Waals surface area contributed by atoms with Gasteiger partial charge in [0.1, 0.15) is 45.4 Å². The Morgan fingerprint density at radius 3 is 1.67 bits per heavy atom. The first-order valence-corrected chi connectivity index (χ1v) is 29.2. The van der Waals surface area contributed by atoms with Crippen LogP contribution >= 0.6 is 23.2 Å². The van der Waals surface area contributed by atoms with E-state index in [0.29, 0.717) is 50.2 Å². The fourth-order valence-corrected chi connectivity index (χ4v) is 10.8. The van der Waals surface area contributed by atoms with Crippen LogP contribution in [-0.2, 0) is 4.79 Å². The Hall–Kier alpha value is -9.23. The van der Waals surface area contributed by atoms with Gasteiger partial charge in [-0.05, 0) is 130 Å². The number of amides is 1. The molecule has 4 aromatic heterocycles. The lowest BCUT2D eigenvalue weighted by atomic mass is 9.95. The lowest BCUT2D eigenvalue weighted by Crippen LogP contribution is -2.29. The second kappa shape index (κ2) is 28.8. The summed E-state index contributed by atoms with van der Waals surface area (Å²) in [4.78, 5) is 29.7. The molecule has 432 valence electrons. The van der Waals surface area contributed by atoms with Crippen molar-refractivity contribution in [1.82, 2.24) is 30.6 Å². The third-order valence-electron chi connectivity index (χ3n) is 14.6. The second-order valence-electron chi connectivity index (χ2n) is 21.1. The maximum absolute atomic E-state index is 12.3. The van der Waals surface area contributed by atoms with Crippen molar-refractivity contribution in [3.8, 4) is 23.0 Å². The van der Waals surface area contributed by atoms with Crippen LogP contribution in [0.25, 0.3) is 32.7 Å². The average Bonchev–Trinajstić information content (AvgIpc) is 4.11. The first-order valence-electron chi connectivity index (χ1n) is 28.5. The molecule has 3 atom stereocenters. The molecule has 85 heavy (non-hydrogen) atoms. The predicted molar refractivity (Wildman–Crippen MR) is 344 cm³/mol. The molecule has 1 saturated carbocycles. The predicted octanol–water partition coefficient (Wildman–Crippen LogP) is 17.1. The third kappa shape index (κ3) is 15.5. The summed E-state index contributed by atoms with van der Waals surface area (Å²) in [5.74, 6) is 1.91. The van der Waals surface area contributed by atoms with Gasteiger partial charge in [0.05, 0.1) is 24.2 Å². The number of anilines is 1. The van der Waals surface area contributed by atoms with E-state index in [1.165, 1.54) is 18.4 Å². The van der Waals surface area contributed by atoms with Crippen LogP contribution in [0.1, 0.15) is 116 Å². The standard InChI is InChI=1S/C26H25N3O2.C25H26N2O.C20H18Cl2N2O2/c30-26-22(15-12-18-6-5-17-28-25(18)26)24(29-23-9-3-4-16-27-23)19-10-13-21(14-11-19)31-20-7-1-2-8-20;1-17(2)7-5-8-19(4)27-23(21-12-10-18(3)11-13-21)22-15-14-20-9-6-16-26-24(20)25(22)28;1-2-4-17(25)24-19(14-9-7-13(21)11-16(14)22)15-8-6-12-5-3-10-23-18(12)20(15)26/h3-6,9-17,20,24,30H,1-2,7-8H2,(H,27,29);5-16,23,27-28H,1H2,2-4H3;3,5-11,19,26H,2,4H2,1H3,(H,24,25)/b;7-5-,19-8+;. The summed E-state index contributed by atoms with van der Waals surface area (Å²) < 4.78 is 6.12. The van der Waals surface area contributed by atoms with Crippen LogP contribution in [0.4, 0.5) is 5.82 Å². The van der Waals surface area contributed by atoms with E-state index in [1.54, 1.807) is 55.1 Å². The Bertz CT molecular complexity index is 3980. The summed E-state index contributed by atoms with van der Waals surface area (Å²) in [5.41, 5.74) is 9.69. The maximum atomic E-state index is 12.3. The summed E-state index contributed by atoms with van der Waals surface area (Å²) in [6.45, 7) is 11.9. The van der Waals surface area contributed by atoms with Crippen LogP contribution in [0.3, 0.4) is 0 Å². The largest absolute Gasteiger partial charge is 0.505 e. The first kappa shape index (κ1) is 60.4. The van der Waals surface area contributed by atoms with Crippen LogP contribution in [0, 0.1) is 6.92 Å². The van der Waals surface area contributed by atoms with Gasteiger partial charge in [0.15, 0.2) is 0 Å². The van der Waals surface area contributed by atoms with Crippen LogP contribution in [0.5, 0.6) is 23.0 Å². The van der Waals surface area contributed by atoms with Gasteiger partial charge in [-0.15, -0.1) is 0 Å². The molecule has 3 unspecified atom stereocenters. The van der Waals surface area contributed by atoms with E-state index in [2.05, 4.69) is 73.7 Å². The highest BCUT2D eigenvalue weighted by Crippen LogP contribution is 2.40. The van der Waals surface area contributed by atoms with Crippen molar-refractivity contribution in [1.29, 1.82) is 0 Å². The quantitative estimate of drug-likeness (QED) is 0.0479. The molecule has 12 nitrogen and oxygen atoms in total. The number of carbonyl (C=O) groups is 1. The zero-order chi connectivity index (χ0) is 59.8. The highest BCUT2D eigenvalue weighted by molar-refractivity contribution is 6.35.